The lowest BCUT2D eigenvalue weighted by Crippen LogP contribution is -2.33. The minimum Gasteiger partial charge on any atom is -0.480 e. The van der Waals surface area contributed by atoms with Crippen LogP contribution in [0.4, 0.5) is 5.82 Å². The number of anilines is 1. The van der Waals surface area contributed by atoms with E-state index in [0.717, 1.165) is 18.0 Å². The molecule has 3 heterocycles. The first-order chi connectivity index (χ1) is 15.4. The third kappa shape index (κ3) is 4.03. The number of ether oxygens (including phenoxy) is 1. The molecule has 0 N–H and O–H groups in total. The zero-order valence-electron chi connectivity index (χ0n) is 19.0. The lowest BCUT2D eigenvalue weighted by molar-refractivity contribution is 0.0823. The van der Waals surface area contributed by atoms with Crippen LogP contribution in [-0.2, 0) is 0 Å². The van der Waals surface area contributed by atoms with Gasteiger partial charge in [0.05, 0.1) is 35.8 Å². The van der Waals surface area contributed by atoms with Gasteiger partial charge >= 0.3 is 0 Å². The molecular weight excluding hydrogens is 404 g/mol. The molecule has 8 heteroatoms. The second-order valence-electron chi connectivity index (χ2n) is 8.57. The minimum absolute atomic E-state index is 0.156. The maximum absolute atomic E-state index is 12.4. The Morgan fingerprint density at radius 2 is 1.94 bits per heavy atom. The summed E-state index contributed by atoms with van der Waals surface area (Å²) >= 11 is 0. The molecule has 1 atom stereocenters. The summed E-state index contributed by atoms with van der Waals surface area (Å²) < 4.78 is 5.43. The number of aryl methyl sites for hydroxylation is 1. The molecule has 2 aromatic heterocycles. The van der Waals surface area contributed by atoms with Gasteiger partial charge in [-0.1, -0.05) is 12.8 Å². The van der Waals surface area contributed by atoms with Gasteiger partial charge < -0.3 is 9.64 Å². The second kappa shape index (κ2) is 8.95. The highest BCUT2D eigenvalue weighted by atomic mass is 16.5. The number of pyridine rings is 2. The zero-order valence-corrected chi connectivity index (χ0v) is 19.0. The molecule has 166 valence electrons. The van der Waals surface area contributed by atoms with E-state index in [1.54, 1.807) is 26.2 Å². The van der Waals surface area contributed by atoms with E-state index in [9.17, 15) is 10.1 Å². The normalized spacial score (nSPS) is 18.4. The molecule has 1 fully saturated rings. The monoisotopic (exact) mass is 432 g/mol. The minimum atomic E-state index is -0.156. The van der Waals surface area contributed by atoms with Crippen LogP contribution in [0.1, 0.15) is 59.4 Å². The maximum Gasteiger partial charge on any atom is 0.258 e. The molecule has 0 spiro atoms. The van der Waals surface area contributed by atoms with Crippen LogP contribution >= 0.6 is 0 Å². The summed E-state index contributed by atoms with van der Waals surface area (Å²) in [5.41, 5.74) is 3.25. The molecule has 1 aliphatic carbocycles. The Kier molecular flexibility index (Phi) is 6.08. The summed E-state index contributed by atoms with van der Waals surface area (Å²) in [6, 6.07) is 9.64. The number of nitrogens with zero attached hydrogens (tertiary/aromatic N) is 6. The average molecular weight is 433 g/mol. The van der Waals surface area contributed by atoms with E-state index in [0.29, 0.717) is 34.3 Å². The highest BCUT2D eigenvalue weighted by molar-refractivity contribution is 6.03. The highest BCUT2D eigenvalue weighted by Gasteiger charge is 2.37. The number of hydrogen-bond acceptors (Lipinski definition) is 7. The lowest BCUT2D eigenvalue weighted by Gasteiger charge is -2.27. The number of methoxy groups -OCH3 is 1. The summed E-state index contributed by atoms with van der Waals surface area (Å²) in [7, 11) is 4.92. The molecule has 4 rings (SSSR count). The second-order valence-corrected chi connectivity index (χ2v) is 8.57. The van der Waals surface area contributed by atoms with Crippen LogP contribution < -0.4 is 9.75 Å². The first kappa shape index (κ1) is 21.8. The van der Waals surface area contributed by atoms with Crippen LogP contribution in [0.2, 0.25) is 0 Å². The van der Waals surface area contributed by atoms with Crippen LogP contribution in [0, 0.1) is 24.2 Å². The summed E-state index contributed by atoms with van der Waals surface area (Å²) in [5, 5.41) is 16.2. The Morgan fingerprint density at radius 1 is 1.19 bits per heavy atom. The van der Waals surface area contributed by atoms with Crippen molar-refractivity contribution < 1.29 is 9.53 Å². The first-order valence-electron chi connectivity index (χ1n) is 10.9. The van der Waals surface area contributed by atoms with Crippen LogP contribution in [0.5, 0.6) is 5.88 Å². The molecule has 0 bridgehead atoms. The van der Waals surface area contributed by atoms with Crippen molar-refractivity contribution in [3.05, 3.63) is 46.8 Å². The number of carbonyl (C=O) groups is 1. The van der Waals surface area contributed by atoms with Crippen molar-refractivity contribution in [3.8, 4) is 11.9 Å². The van der Waals surface area contributed by atoms with Crippen LogP contribution in [0.3, 0.4) is 0 Å². The molecule has 2 aromatic rings. The van der Waals surface area contributed by atoms with Crippen molar-refractivity contribution >= 4 is 17.4 Å². The standard InChI is InChI=1S/C24H28N6O2/c1-15-17(14-25)9-12-22(26-15)30-21(16-7-5-6-8-16)13-20(28-30)19-11-10-18(23(27-19)32-4)24(31)29(2)3/h9-12,16,21H,5-8,13H2,1-4H3/t21-/m1/s1. The van der Waals surface area contributed by atoms with Gasteiger partial charge in [-0.2, -0.15) is 10.4 Å². The molecule has 8 nitrogen and oxygen atoms in total. The number of nitriles is 1. The fraction of sp³-hybridized carbons (Fsp3) is 0.458. The molecule has 1 saturated carbocycles. The zero-order chi connectivity index (χ0) is 22.8. The van der Waals surface area contributed by atoms with Crippen LogP contribution in [0.25, 0.3) is 0 Å². The van der Waals surface area contributed by atoms with Crippen LogP contribution in [-0.4, -0.2) is 53.7 Å². The third-order valence-corrected chi connectivity index (χ3v) is 6.30. The first-order valence-corrected chi connectivity index (χ1v) is 10.9. The predicted molar refractivity (Wildman–Crippen MR) is 122 cm³/mol. The average Bonchev–Trinajstić information content (AvgIpc) is 3.48. The molecule has 1 amide bonds. The Balaban J connectivity index is 1.71. The summed E-state index contributed by atoms with van der Waals surface area (Å²) in [5.74, 6) is 1.43. The lowest BCUT2D eigenvalue weighted by atomic mass is 9.93. The summed E-state index contributed by atoms with van der Waals surface area (Å²) in [6.07, 6.45) is 5.57. The number of hydrogen-bond donors (Lipinski definition) is 0. The number of carbonyl (C=O) groups excluding carboxylic acids is 1. The largest absolute Gasteiger partial charge is 0.480 e. The van der Waals surface area contributed by atoms with Gasteiger partial charge in [0.25, 0.3) is 5.91 Å². The van der Waals surface area contributed by atoms with Gasteiger partial charge in [-0.15, -0.1) is 0 Å². The fourth-order valence-electron chi connectivity index (χ4n) is 4.57. The van der Waals surface area contributed by atoms with Gasteiger partial charge in [-0.05, 0) is 49.9 Å². The molecule has 32 heavy (non-hydrogen) atoms. The Hall–Kier alpha value is -3.47. The SMILES string of the molecule is COc1nc(C2=NN(c3ccc(C#N)c(C)n3)[C@@H](C3CCCC3)C2)ccc1C(=O)N(C)C. The quantitative estimate of drug-likeness (QED) is 0.717. The maximum atomic E-state index is 12.4. The molecule has 0 unspecified atom stereocenters. The van der Waals surface area contributed by atoms with Gasteiger partial charge in [-0.25, -0.2) is 15.0 Å². The van der Waals surface area contributed by atoms with E-state index < -0.39 is 0 Å². The van der Waals surface area contributed by atoms with Gasteiger partial charge in [0.2, 0.25) is 5.88 Å². The van der Waals surface area contributed by atoms with Crippen molar-refractivity contribution in [3.63, 3.8) is 0 Å². The molecular formula is C24H28N6O2. The number of rotatable bonds is 5. The predicted octanol–water partition coefficient (Wildman–Crippen LogP) is 3.54. The smallest absolute Gasteiger partial charge is 0.258 e. The number of aromatic nitrogens is 2. The van der Waals surface area contributed by atoms with Crippen LogP contribution in [0.15, 0.2) is 29.4 Å². The Labute approximate surface area is 188 Å². The summed E-state index contributed by atoms with van der Waals surface area (Å²) in [4.78, 5) is 23.2. The third-order valence-electron chi connectivity index (χ3n) is 6.30. The van der Waals surface area contributed by atoms with E-state index in [4.69, 9.17) is 9.84 Å². The van der Waals surface area contributed by atoms with Gasteiger partial charge in [-0.3, -0.25) is 4.79 Å². The number of hydrazone groups is 1. The Morgan fingerprint density at radius 3 is 2.56 bits per heavy atom. The van der Waals surface area contributed by atoms with Gasteiger partial charge in [0.15, 0.2) is 0 Å². The molecule has 0 saturated heterocycles. The molecule has 1 aliphatic heterocycles. The topological polar surface area (TPSA) is 94.7 Å². The van der Waals surface area contributed by atoms with Crippen molar-refractivity contribution in [1.29, 1.82) is 5.26 Å². The summed E-state index contributed by atoms with van der Waals surface area (Å²) in [6.45, 7) is 1.85. The van der Waals surface area contributed by atoms with E-state index in [1.165, 1.54) is 37.7 Å². The van der Waals surface area contributed by atoms with Crippen molar-refractivity contribution in [2.45, 2.75) is 45.1 Å². The molecule has 0 aromatic carbocycles. The van der Waals surface area contributed by atoms with Crippen molar-refractivity contribution in [1.82, 2.24) is 14.9 Å². The van der Waals surface area contributed by atoms with E-state index in [2.05, 4.69) is 16.0 Å². The van der Waals surface area contributed by atoms with Crippen molar-refractivity contribution in [2.24, 2.45) is 11.0 Å². The van der Waals surface area contributed by atoms with E-state index >= 15 is 0 Å². The van der Waals surface area contributed by atoms with E-state index in [-0.39, 0.29) is 11.9 Å². The fourth-order valence-corrected chi connectivity index (χ4v) is 4.57. The van der Waals surface area contributed by atoms with E-state index in [1.807, 2.05) is 24.1 Å². The van der Waals surface area contributed by atoms with Gasteiger partial charge in [0, 0.05) is 20.5 Å². The number of amides is 1. The molecule has 0 radical (unpaired) electrons. The highest BCUT2D eigenvalue weighted by Crippen LogP contribution is 2.38. The van der Waals surface area contributed by atoms with Crippen molar-refractivity contribution in [2.75, 3.05) is 26.2 Å². The van der Waals surface area contributed by atoms with Gasteiger partial charge in [0.1, 0.15) is 17.5 Å². The Bertz CT molecular complexity index is 1100. The molecule has 2 aliphatic rings.